The van der Waals surface area contributed by atoms with Gasteiger partial charge in [0.15, 0.2) is 0 Å². The SMILES string of the molecule is CN1C(=O)NC(=O)C12CC[C@@H](C(=O)O)C2. The summed E-state index contributed by atoms with van der Waals surface area (Å²) < 4.78 is 0. The summed E-state index contributed by atoms with van der Waals surface area (Å²) in [5.41, 5.74) is -0.917. The van der Waals surface area contributed by atoms with Crippen LogP contribution in [0, 0.1) is 5.92 Å². The van der Waals surface area contributed by atoms with E-state index in [9.17, 15) is 14.4 Å². The molecule has 2 N–H and O–H groups in total. The highest BCUT2D eigenvalue weighted by atomic mass is 16.4. The average molecular weight is 212 g/mol. The van der Waals surface area contributed by atoms with Crippen molar-refractivity contribution in [1.82, 2.24) is 10.2 Å². The number of nitrogens with zero attached hydrogens (tertiary/aromatic N) is 1. The lowest BCUT2D eigenvalue weighted by atomic mass is 9.95. The summed E-state index contributed by atoms with van der Waals surface area (Å²) in [6.45, 7) is 0. The lowest BCUT2D eigenvalue weighted by Crippen LogP contribution is -2.45. The number of rotatable bonds is 1. The van der Waals surface area contributed by atoms with Crippen LogP contribution in [0.5, 0.6) is 0 Å². The van der Waals surface area contributed by atoms with E-state index in [2.05, 4.69) is 5.32 Å². The molecule has 1 saturated heterocycles. The van der Waals surface area contributed by atoms with Gasteiger partial charge in [-0.2, -0.15) is 0 Å². The monoisotopic (exact) mass is 212 g/mol. The minimum absolute atomic E-state index is 0.219. The number of hydrogen-bond donors (Lipinski definition) is 2. The van der Waals surface area contributed by atoms with E-state index in [-0.39, 0.29) is 12.3 Å². The summed E-state index contributed by atoms with van der Waals surface area (Å²) in [6.07, 6.45) is 1.09. The molecule has 1 saturated carbocycles. The molecule has 2 aliphatic rings. The maximum atomic E-state index is 11.6. The van der Waals surface area contributed by atoms with Gasteiger partial charge in [-0.1, -0.05) is 0 Å². The number of nitrogens with one attached hydrogen (secondary N) is 1. The Morgan fingerprint density at radius 2 is 2.27 bits per heavy atom. The molecule has 1 aliphatic carbocycles. The van der Waals surface area contributed by atoms with Crippen molar-refractivity contribution in [1.29, 1.82) is 0 Å². The van der Waals surface area contributed by atoms with E-state index < -0.39 is 23.5 Å². The van der Waals surface area contributed by atoms with Crippen LogP contribution >= 0.6 is 0 Å². The first-order valence-corrected chi connectivity index (χ1v) is 4.79. The Morgan fingerprint density at radius 3 is 2.67 bits per heavy atom. The Labute approximate surface area is 86.2 Å². The number of aliphatic carboxylic acids is 1. The zero-order chi connectivity index (χ0) is 11.2. The molecule has 1 unspecified atom stereocenters. The van der Waals surface area contributed by atoms with Crippen molar-refractivity contribution < 1.29 is 19.5 Å². The van der Waals surface area contributed by atoms with Crippen LogP contribution in [-0.4, -0.2) is 40.5 Å². The molecule has 1 heterocycles. The van der Waals surface area contributed by atoms with Crippen LogP contribution in [0.2, 0.25) is 0 Å². The van der Waals surface area contributed by atoms with Gasteiger partial charge in [-0.25, -0.2) is 4.79 Å². The molecule has 6 heteroatoms. The lowest BCUT2D eigenvalue weighted by Gasteiger charge is -2.27. The molecule has 1 spiro atoms. The van der Waals surface area contributed by atoms with Crippen molar-refractivity contribution in [3.63, 3.8) is 0 Å². The first kappa shape index (κ1) is 9.95. The van der Waals surface area contributed by atoms with Gasteiger partial charge in [-0.15, -0.1) is 0 Å². The van der Waals surface area contributed by atoms with Crippen LogP contribution in [-0.2, 0) is 9.59 Å². The molecular weight excluding hydrogens is 200 g/mol. The van der Waals surface area contributed by atoms with Gasteiger partial charge in [0.05, 0.1) is 5.92 Å². The fraction of sp³-hybridized carbons (Fsp3) is 0.667. The molecule has 0 aromatic rings. The second-order valence-corrected chi connectivity index (χ2v) is 4.13. The zero-order valence-electron chi connectivity index (χ0n) is 8.32. The van der Waals surface area contributed by atoms with Crippen LogP contribution in [0.15, 0.2) is 0 Å². The predicted octanol–water partition coefficient (Wildman–Crippen LogP) is -0.209. The Morgan fingerprint density at radius 1 is 1.60 bits per heavy atom. The fourth-order valence-electron chi connectivity index (χ4n) is 2.39. The van der Waals surface area contributed by atoms with E-state index in [1.54, 1.807) is 0 Å². The van der Waals surface area contributed by atoms with Crippen molar-refractivity contribution in [2.75, 3.05) is 7.05 Å². The third kappa shape index (κ3) is 1.20. The van der Waals surface area contributed by atoms with Gasteiger partial charge >= 0.3 is 12.0 Å². The maximum Gasteiger partial charge on any atom is 0.324 e. The summed E-state index contributed by atoms with van der Waals surface area (Å²) in [6, 6.07) is -0.439. The topological polar surface area (TPSA) is 86.7 Å². The highest BCUT2D eigenvalue weighted by molar-refractivity contribution is 6.07. The first-order valence-electron chi connectivity index (χ1n) is 4.79. The van der Waals surface area contributed by atoms with E-state index in [0.29, 0.717) is 12.8 Å². The molecule has 6 nitrogen and oxygen atoms in total. The molecule has 2 atom stereocenters. The molecule has 82 valence electrons. The Balaban J connectivity index is 2.26. The molecule has 0 bridgehead atoms. The lowest BCUT2D eigenvalue weighted by molar-refractivity contribution is -0.141. The molecular formula is C9H12N2O4. The molecule has 15 heavy (non-hydrogen) atoms. The van der Waals surface area contributed by atoms with Crippen molar-refractivity contribution in [3.05, 3.63) is 0 Å². The van der Waals surface area contributed by atoms with Gasteiger partial charge in [0, 0.05) is 7.05 Å². The van der Waals surface area contributed by atoms with E-state index >= 15 is 0 Å². The normalized spacial score (nSPS) is 35.0. The summed E-state index contributed by atoms with van der Waals surface area (Å²) in [4.78, 5) is 35.0. The van der Waals surface area contributed by atoms with Crippen molar-refractivity contribution >= 4 is 17.9 Å². The van der Waals surface area contributed by atoms with Crippen LogP contribution in [0.3, 0.4) is 0 Å². The summed E-state index contributed by atoms with van der Waals surface area (Å²) in [5.74, 6) is -1.78. The van der Waals surface area contributed by atoms with Gasteiger partial charge in [0.2, 0.25) is 0 Å². The fourth-order valence-corrected chi connectivity index (χ4v) is 2.39. The Bertz CT molecular complexity index is 354. The number of carboxylic acids is 1. The first-order chi connectivity index (χ1) is 6.97. The van der Waals surface area contributed by atoms with Gasteiger partial charge in [-0.3, -0.25) is 14.9 Å². The van der Waals surface area contributed by atoms with Gasteiger partial charge in [0.1, 0.15) is 5.54 Å². The van der Waals surface area contributed by atoms with Crippen molar-refractivity contribution in [3.8, 4) is 0 Å². The second-order valence-electron chi connectivity index (χ2n) is 4.13. The minimum atomic E-state index is -0.917. The van der Waals surface area contributed by atoms with Gasteiger partial charge < -0.3 is 10.0 Å². The quantitative estimate of drug-likeness (QED) is 0.589. The Kier molecular flexibility index (Phi) is 1.95. The number of carbonyl (C=O) groups is 3. The highest BCUT2D eigenvalue weighted by Gasteiger charge is 2.56. The second kappa shape index (κ2) is 2.95. The van der Waals surface area contributed by atoms with Crippen LogP contribution < -0.4 is 5.32 Å². The van der Waals surface area contributed by atoms with Crippen LogP contribution in [0.4, 0.5) is 4.79 Å². The minimum Gasteiger partial charge on any atom is -0.481 e. The number of amides is 3. The maximum absolute atomic E-state index is 11.6. The van der Waals surface area contributed by atoms with Gasteiger partial charge in [-0.05, 0) is 19.3 Å². The number of hydrogen-bond acceptors (Lipinski definition) is 3. The molecule has 0 aromatic heterocycles. The third-order valence-corrected chi connectivity index (χ3v) is 3.43. The largest absolute Gasteiger partial charge is 0.481 e. The van der Waals surface area contributed by atoms with Crippen LogP contribution in [0.25, 0.3) is 0 Å². The van der Waals surface area contributed by atoms with Crippen molar-refractivity contribution in [2.24, 2.45) is 5.92 Å². The summed E-state index contributed by atoms with van der Waals surface area (Å²) >= 11 is 0. The third-order valence-electron chi connectivity index (χ3n) is 3.43. The van der Waals surface area contributed by atoms with E-state index in [0.717, 1.165) is 0 Å². The predicted molar refractivity (Wildman–Crippen MR) is 49.0 cm³/mol. The zero-order valence-corrected chi connectivity index (χ0v) is 8.32. The molecule has 2 fully saturated rings. The summed E-state index contributed by atoms with van der Waals surface area (Å²) in [5, 5.41) is 11.1. The highest BCUT2D eigenvalue weighted by Crippen LogP contribution is 2.41. The molecule has 0 radical (unpaired) electrons. The van der Waals surface area contributed by atoms with Crippen molar-refractivity contribution in [2.45, 2.75) is 24.8 Å². The molecule has 0 aromatic carbocycles. The van der Waals surface area contributed by atoms with Crippen LogP contribution in [0.1, 0.15) is 19.3 Å². The Hall–Kier alpha value is -1.59. The standard InChI is InChI=1S/C9H12N2O4/c1-11-8(15)10-7(14)9(11)3-2-5(4-9)6(12)13/h5H,2-4H2,1H3,(H,12,13)(H,10,14,15)/t5-,9?/m1/s1. The smallest absolute Gasteiger partial charge is 0.324 e. The van der Waals surface area contributed by atoms with Gasteiger partial charge in [0.25, 0.3) is 5.91 Å². The number of imide groups is 1. The molecule has 3 amide bonds. The van der Waals surface area contributed by atoms with E-state index in [1.807, 2.05) is 0 Å². The number of carbonyl (C=O) groups excluding carboxylic acids is 2. The van der Waals surface area contributed by atoms with E-state index in [1.165, 1.54) is 11.9 Å². The summed E-state index contributed by atoms with van der Waals surface area (Å²) in [7, 11) is 1.53. The number of carboxylic acid groups (broad SMARTS) is 1. The molecule has 2 rings (SSSR count). The number of likely N-dealkylation sites (N-methyl/N-ethyl adjacent to an activating group) is 1. The molecule has 1 aliphatic heterocycles. The average Bonchev–Trinajstić information content (AvgIpc) is 2.68. The van der Waals surface area contributed by atoms with E-state index in [4.69, 9.17) is 5.11 Å². The number of urea groups is 1.